The predicted molar refractivity (Wildman–Crippen MR) is 84.4 cm³/mol. The van der Waals surface area contributed by atoms with Crippen LogP contribution in [0.15, 0.2) is 24.3 Å². The quantitative estimate of drug-likeness (QED) is 0.646. The molecule has 1 N–H and O–H groups in total. The van der Waals surface area contributed by atoms with Crippen LogP contribution in [0, 0.1) is 16.0 Å². The fraction of sp³-hybridized carbons (Fsp3) is 0.625. The van der Waals surface area contributed by atoms with Gasteiger partial charge in [0, 0.05) is 31.3 Å². The Morgan fingerprint density at radius 1 is 1.33 bits per heavy atom. The molecule has 1 aromatic rings. The lowest BCUT2D eigenvalue weighted by Gasteiger charge is -2.30. The highest BCUT2D eigenvalue weighted by molar-refractivity contribution is 5.33. The number of non-ortho nitro benzene ring substituents is 1. The van der Waals surface area contributed by atoms with E-state index in [2.05, 4.69) is 24.1 Å². The summed E-state index contributed by atoms with van der Waals surface area (Å²) in [6, 6.07) is 7.02. The van der Waals surface area contributed by atoms with Crippen LogP contribution in [0.3, 0.4) is 0 Å². The molecule has 0 amide bonds. The molecule has 116 valence electrons. The lowest BCUT2D eigenvalue weighted by molar-refractivity contribution is -0.384. The summed E-state index contributed by atoms with van der Waals surface area (Å²) < 4.78 is 0. The smallest absolute Gasteiger partial charge is 0.269 e. The Kier molecular flexibility index (Phi) is 5.70. The molecule has 0 saturated carbocycles. The maximum absolute atomic E-state index is 10.6. The van der Waals surface area contributed by atoms with Crippen molar-refractivity contribution in [3.63, 3.8) is 0 Å². The van der Waals surface area contributed by atoms with Crippen LogP contribution in [0.25, 0.3) is 0 Å². The molecular formula is C16H25N3O2. The Balaban J connectivity index is 1.74. The molecule has 0 spiro atoms. The molecule has 5 nitrogen and oxygen atoms in total. The van der Waals surface area contributed by atoms with Crippen molar-refractivity contribution >= 4 is 5.69 Å². The van der Waals surface area contributed by atoms with Gasteiger partial charge in [-0.05, 0) is 44.3 Å². The molecular weight excluding hydrogens is 266 g/mol. The molecule has 1 atom stereocenters. The minimum absolute atomic E-state index is 0.147. The van der Waals surface area contributed by atoms with Gasteiger partial charge in [-0.25, -0.2) is 0 Å². The fourth-order valence-electron chi connectivity index (χ4n) is 2.73. The first-order valence-corrected chi connectivity index (χ1v) is 7.76. The van der Waals surface area contributed by atoms with Gasteiger partial charge in [0.1, 0.15) is 0 Å². The summed E-state index contributed by atoms with van der Waals surface area (Å²) in [7, 11) is 0. The summed E-state index contributed by atoms with van der Waals surface area (Å²) in [5, 5.41) is 14.1. The normalized spacial score (nSPS) is 18.6. The monoisotopic (exact) mass is 291 g/mol. The van der Waals surface area contributed by atoms with Gasteiger partial charge in [0.15, 0.2) is 0 Å². The molecule has 1 unspecified atom stereocenters. The van der Waals surface area contributed by atoms with Crippen molar-refractivity contribution in [3.05, 3.63) is 39.9 Å². The van der Waals surface area contributed by atoms with Gasteiger partial charge in [0.25, 0.3) is 5.69 Å². The van der Waals surface area contributed by atoms with Gasteiger partial charge < -0.3 is 10.2 Å². The second-order valence-electron chi connectivity index (χ2n) is 6.05. The lowest BCUT2D eigenvalue weighted by atomic mass is 9.99. The third-order valence-electron chi connectivity index (χ3n) is 4.36. The van der Waals surface area contributed by atoms with Gasteiger partial charge in [0.2, 0.25) is 0 Å². The Labute approximate surface area is 126 Å². The number of hydrogen-bond donors (Lipinski definition) is 1. The SMILES string of the molecule is CC1CCN(CCNC(C)c2ccc([N+](=O)[O-])cc2)CC1. The van der Waals surface area contributed by atoms with E-state index in [4.69, 9.17) is 0 Å². The highest BCUT2D eigenvalue weighted by atomic mass is 16.6. The van der Waals surface area contributed by atoms with Crippen LogP contribution in [-0.4, -0.2) is 36.0 Å². The second-order valence-corrected chi connectivity index (χ2v) is 6.05. The number of hydrogen-bond acceptors (Lipinski definition) is 4. The van der Waals surface area contributed by atoms with Crippen molar-refractivity contribution in [2.24, 2.45) is 5.92 Å². The van der Waals surface area contributed by atoms with Crippen molar-refractivity contribution in [1.29, 1.82) is 0 Å². The van der Waals surface area contributed by atoms with Gasteiger partial charge >= 0.3 is 0 Å². The summed E-state index contributed by atoms with van der Waals surface area (Å²) in [4.78, 5) is 12.8. The van der Waals surface area contributed by atoms with Crippen LogP contribution in [0.2, 0.25) is 0 Å². The minimum Gasteiger partial charge on any atom is -0.309 e. The number of nitrogens with one attached hydrogen (secondary N) is 1. The van der Waals surface area contributed by atoms with Crippen molar-refractivity contribution in [1.82, 2.24) is 10.2 Å². The first-order chi connectivity index (χ1) is 10.1. The highest BCUT2D eigenvalue weighted by Gasteiger charge is 2.15. The number of benzene rings is 1. The Bertz CT molecular complexity index is 453. The van der Waals surface area contributed by atoms with E-state index in [1.54, 1.807) is 12.1 Å². The summed E-state index contributed by atoms with van der Waals surface area (Å²) in [5.41, 5.74) is 1.24. The number of nitrogens with zero attached hydrogens (tertiary/aromatic N) is 2. The molecule has 1 saturated heterocycles. The predicted octanol–water partition coefficient (Wildman–Crippen LogP) is 2.98. The molecule has 5 heteroatoms. The molecule has 0 aliphatic carbocycles. The van der Waals surface area contributed by atoms with Crippen LogP contribution in [0.1, 0.15) is 38.3 Å². The first kappa shape index (κ1) is 15.9. The summed E-state index contributed by atoms with van der Waals surface area (Å²) in [6.07, 6.45) is 2.61. The van der Waals surface area contributed by atoms with Crippen molar-refractivity contribution in [3.8, 4) is 0 Å². The van der Waals surface area contributed by atoms with E-state index < -0.39 is 0 Å². The summed E-state index contributed by atoms with van der Waals surface area (Å²) in [5.74, 6) is 0.869. The molecule has 1 aliphatic heterocycles. The third kappa shape index (κ3) is 4.79. The largest absolute Gasteiger partial charge is 0.309 e. The van der Waals surface area contributed by atoms with Gasteiger partial charge in [0.05, 0.1) is 4.92 Å². The maximum Gasteiger partial charge on any atom is 0.269 e. The van der Waals surface area contributed by atoms with E-state index in [9.17, 15) is 10.1 Å². The zero-order chi connectivity index (χ0) is 15.2. The number of likely N-dealkylation sites (tertiary alicyclic amines) is 1. The van der Waals surface area contributed by atoms with E-state index in [-0.39, 0.29) is 16.7 Å². The Hall–Kier alpha value is -1.46. The van der Waals surface area contributed by atoms with Crippen molar-refractivity contribution in [2.75, 3.05) is 26.2 Å². The second kappa shape index (κ2) is 7.52. The molecule has 21 heavy (non-hydrogen) atoms. The highest BCUT2D eigenvalue weighted by Crippen LogP contribution is 2.18. The third-order valence-corrected chi connectivity index (χ3v) is 4.36. The van der Waals surface area contributed by atoms with Gasteiger partial charge in [-0.3, -0.25) is 10.1 Å². The van der Waals surface area contributed by atoms with Crippen LogP contribution >= 0.6 is 0 Å². The van der Waals surface area contributed by atoms with Gasteiger partial charge in [-0.15, -0.1) is 0 Å². The molecule has 2 rings (SSSR count). The standard InChI is InChI=1S/C16H25N3O2/c1-13-7-10-18(11-8-13)12-9-17-14(2)15-3-5-16(6-4-15)19(20)21/h3-6,13-14,17H,7-12H2,1-2H3. The Morgan fingerprint density at radius 3 is 2.52 bits per heavy atom. The van der Waals surface area contributed by atoms with Gasteiger partial charge in [-0.2, -0.15) is 0 Å². The van der Waals surface area contributed by atoms with Crippen LogP contribution in [0.5, 0.6) is 0 Å². The van der Waals surface area contributed by atoms with E-state index in [1.807, 2.05) is 12.1 Å². The molecule has 0 radical (unpaired) electrons. The van der Waals surface area contributed by atoms with Crippen molar-refractivity contribution in [2.45, 2.75) is 32.7 Å². The maximum atomic E-state index is 10.6. The van der Waals surface area contributed by atoms with E-state index in [1.165, 1.54) is 25.9 Å². The van der Waals surface area contributed by atoms with E-state index in [0.29, 0.717) is 0 Å². The molecule has 0 bridgehead atoms. The summed E-state index contributed by atoms with van der Waals surface area (Å²) in [6.45, 7) is 8.85. The van der Waals surface area contributed by atoms with E-state index >= 15 is 0 Å². The zero-order valence-electron chi connectivity index (χ0n) is 12.9. The summed E-state index contributed by atoms with van der Waals surface area (Å²) >= 11 is 0. The Morgan fingerprint density at radius 2 is 1.95 bits per heavy atom. The number of nitro groups is 1. The topological polar surface area (TPSA) is 58.4 Å². The van der Waals surface area contributed by atoms with Crippen LogP contribution in [-0.2, 0) is 0 Å². The van der Waals surface area contributed by atoms with Gasteiger partial charge in [-0.1, -0.05) is 19.1 Å². The number of rotatable bonds is 6. The minimum atomic E-state index is -0.362. The van der Waals surface area contributed by atoms with Crippen LogP contribution in [0.4, 0.5) is 5.69 Å². The number of nitro benzene ring substituents is 1. The zero-order valence-corrected chi connectivity index (χ0v) is 12.9. The first-order valence-electron chi connectivity index (χ1n) is 7.76. The van der Waals surface area contributed by atoms with Crippen molar-refractivity contribution < 1.29 is 4.92 Å². The van der Waals surface area contributed by atoms with E-state index in [0.717, 1.165) is 24.6 Å². The number of piperidine rings is 1. The molecule has 1 fully saturated rings. The average Bonchev–Trinajstić information content (AvgIpc) is 2.49. The average molecular weight is 291 g/mol. The molecule has 1 aromatic carbocycles. The lowest BCUT2D eigenvalue weighted by Crippen LogP contribution is -2.38. The molecule has 1 aliphatic rings. The van der Waals surface area contributed by atoms with Crippen LogP contribution < -0.4 is 5.32 Å². The molecule has 0 aromatic heterocycles. The molecule has 1 heterocycles. The fourth-order valence-corrected chi connectivity index (χ4v) is 2.73.